The number of hydrogen-bond acceptors (Lipinski definition) is 0. The normalized spacial score (nSPS) is 19.4. The van der Waals surface area contributed by atoms with Gasteiger partial charge < -0.3 is 0 Å². The van der Waals surface area contributed by atoms with Crippen molar-refractivity contribution in [1.29, 1.82) is 0 Å². The zero-order valence-corrected chi connectivity index (χ0v) is 19.5. The monoisotopic (exact) mass is 492 g/mol. The number of allylic oxidation sites excluding steroid dienone is 8. The average molecular weight is 495 g/mol. The first-order valence-electron chi connectivity index (χ1n) is 7.73. The van der Waals surface area contributed by atoms with E-state index < -0.39 is 23.2 Å². The van der Waals surface area contributed by atoms with E-state index in [0.29, 0.717) is 0 Å². The molecule has 21 heavy (non-hydrogen) atoms. The SMILES string of the molecule is Br.Br.CCC(C)C1=[C]([Zr][C]2=C(C(C)CC)C=CC2)CC=C1. The molecule has 0 aromatic rings. The molecule has 0 nitrogen and oxygen atoms in total. The molecule has 2 rings (SSSR count). The van der Waals surface area contributed by atoms with Gasteiger partial charge in [0, 0.05) is 0 Å². The molecule has 2 unspecified atom stereocenters. The summed E-state index contributed by atoms with van der Waals surface area (Å²) in [5.41, 5.74) is 3.38. The van der Waals surface area contributed by atoms with Crippen LogP contribution in [0.5, 0.6) is 0 Å². The molecule has 0 saturated carbocycles. The Kier molecular flexibility index (Phi) is 11.0. The molecule has 0 bridgehead atoms. The van der Waals surface area contributed by atoms with Gasteiger partial charge in [-0.05, 0) is 0 Å². The maximum absolute atomic E-state index is 2.41. The van der Waals surface area contributed by atoms with Gasteiger partial charge >= 0.3 is 130 Å². The van der Waals surface area contributed by atoms with Crippen LogP contribution in [0.15, 0.2) is 42.0 Å². The maximum atomic E-state index is 2.41. The summed E-state index contributed by atoms with van der Waals surface area (Å²) in [6, 6.07) is 0. The van der Waals surface area contributed by atoms with Crippen LogP contribution in [-0.4, -0.2) is 0 Å². The van der Waals surface area contributed by atoms with Crippen LogP contribution >= 0.6 is 34.0 Å². The van der Waals surface area contributed by atoms with Gasteiger partial charge in [0.25, 0.3) is 0 Å². The Morgan fingerprint density at radius 2 is 1.24 bits per heavy atom. The van der Waals surface area contributed by atoms with Gasteiger partial charge in [-0.2, -0.15) is 0 Å². The summed E-state index contributed by atoms with van der Waals surface area (Å²) in [4.78, 5) is 0. The molecule has 3 heteroatoms. The first-order valence-corrected chi connectivity index (χ1v) is 10.2. The summed E-state index contributed by atoms with van der Waals surface area (Å²) >= 11 is -0.516. The van der Waals surface area contributed by atoms with E-state index in [2.05, 4.69) is 52.0 Å². The van der Waals surface area contributed by atoms with Gasteiger partial charge in [0.05, 0.1) is 0 Å². The fraction of sp³-hybridized carbons (Fsp3) is 0.556. The Balaban J connectivity index is 0.00000200. The summed E-state index contributed by atoms with van der Waals surface area (Å²) in [7, 11) is 0. The minimum absolute atomic E-state index is 0. The Labute approximate surface area is 163 Å². The molecule has 118 valence electrons. The second-order valence-electron chi connectivity index (χ2n) is 5.82. The van der Waals surface area contributed by atoms with Crippen LogP contribution in [0.25, 0.3) is 0 Å². The summed E-state index contributed by atoms with van der Waals surface area (Å²) < 4.78 is 3.69. The molecule has 2 aliphatic carbocycles. The molecule has 0 aliphatic heterocycles. The Hall–Kier alpha value is 0.803. The van der Waals surface area contributed by atoms with Gasteiger partial charge in [-0.3, -0.25) is 0 Å². The molecule has 0 saturated heterocycles. The van der Waals surface area contributed by atoms with Crippen LogP contribution in [-0.2, 0) is 23.2 Å². The third-order valence-electron chi connectivity index (χ3n) is 4.52. The zero-order valence-electron chi connectivity index (χ0n) is 13.6. The van der Waals surface area contributed by atoms with E-state index in [1.807, 2.05) is 6.56 Å². The van der Waals surface area contributed by atoms with E-state index in [-0.39, 0.29) is 34.0 Å². The third kappa shape index (κ3) is 5.43. The fourth-order valence-electron chi connectivity index (χ4n) is 2.84. The first kappa shape index (κ1) is 21.8. The van der Waals surface area contributed by atoms with E-state index in [0.717, 1.165) is 11.8 Å². The third-order valence-corrected chi connectivity index (χ3v) is 8.43. The van der Waals surface area contributed by atoms with Crippen LogP contribution in [0.4, 0.5) is 0 Å². The van der Waals surface area contributed by atoms with Crippen molar-refractivity contribution in [1.82, 2.24) is 0 Å². The van der Waals surface area contributed by atoms with Gasteiger partial charge in [-0.1, -0.05) is 0 Å². The molecule has 0 N–H and O–H groups in total. The molecule has 0 heterocycles. The van der Waals surface area contributed by atoms with E-state index in [9.17, 15) is 0 Å². The van der Waals surface area contributed by atoms with Crippen molar-refractivity contribution in [3.05, 3.63) is 42.0 Å². The standard InChI is InChI=1S/2C9H13.2BrH.Zr/c2*1-3-8(2)9-6-4-5-7-9;;;/h2*4,6,8H,3,5H2,1-2H3;2*1H;. The van der Waals surface area contributed by atoms with Crippen LogP contribution < -0.4 is 0 Å². The van der Waals surface area contributed by atoms with E-state index in [1.54, 1.807) is 11.1 Å². The summed E-state index contributed by atoms with van der Waals surface area (Å²) in [5, 5.41) is 0. The Bertz CT molecular complexity index is 416. The first-order chi connectivity index (χ1) is 9.17. The van der Waals surface area contributed by atoms with Crippen molar-refractivity contribution in [3.63, 3.8) is 0 Å². The van der Waals surface area contributed by atoms with Gasteiger partial charge in [0.15, 0.2) is 0 Å². The predicted octanol–water partition coefficient (Wildman–Crippen LogP) is 6.74. The summed E-state index contributed by atoms with van der Waals surface area (Å²) in [5.74, 6) is 1.52. The van der Waals surface area contributed by atoms with Crippen molar-refractivity contribution in [2.24, 2.45) is 11.8 Å². The zero-order chi connectivity index (χ0) is 13.8. The molecule has 0 amide bonds. The molecular formula is C18H28Br2Zr. The quantitative estimate of drug-likeness (QED) is 0.383. The van der Waals surface area contributed by atoms with Gasteiger partial charge in [0.1, 0.15) is 0 Å². The van der Waals surface area contributed by atoms with E-state index in [4.69, 9.17) is 0 Å². The van der Waals surface area contributed by atoms with Crippen molar-refractivity contribution < 1.29 is 23.2 Å². The number of halogens is 2. The molecule has 0 spiro atoms. The molecule has 2 aliphatic rings. The van der Waals surface area contributed by atoms with Crippen LogP contribution in [0, 0.1) is 11.8 Å². The molecule has 0 radical (unpaired) electrons. The second-order valence-corrected chi connectivity index (χ2v) is 9.41. The molecule has 0 aromatic heterocycles. The molecular weight excluding hydrogens is 467 g/mol. The van der Waals surface area contributed by atoms with Gasteiger partial charge in [-0.25, -0.2) is 0 Å². The molecule has 0 aromatic carbocycles. The van der Waals surface area contributed by atoms with Crippen LogP contribution in [0.2, 0.25) is 0 Å². The number of rotatable bonds is 6. The summed E-state index contributed by atoms with van der Waals surface area (Å²) in [6.45, 7) is 9.41. The van der Waals surface area contributed by atoms with Crippen molar-refractivity contribution >= 4 is 34.0 Å². The van der Waals surface area contributed by atoms with Crippen LogP contribution in [0.1, 0.15) is 53.4 Å². The summed E-state index contributed by atoms with van der Waals surface area (Å²) in [6.07, 6.45) is 14.7. The molecule has 0 fully saturated rings. The fourth-order valence-corrected chi connectivity index (χ4v) is 7.14. The van der Waals surface area contributed by atoms with Crippen molar-refractivity contribution in [2.75, 3.05) is 0 Å². The van der Waals surface area contributed by atoms with Crippen molar-refractivity contribution in [3.8, 4) is 0 Å². The molecule has 2 atom stereocenters. The van der Waals surface area contributed by atoms with E-state index >= 15 is 0 Å². The Morgan fingerprint density at radius 1 is 0.857 bits per heavy atom. The van der Waals surface area contributed by atoms with E-state index in [1.165, 1.54) is 25.7 Å². The Morgan fingerprint density at radius 3 is 1.57 bits per heavy atom. The predicted molar refractivity (Wildman–Crippen MR) is 101 cm³/mol. The average Bonchev–Trinajstić information content (AvgIpc) is 3.06. The van der Waals surface area contributed by atoms with Gasteiger partial charge in [-0.15, -0.1) is 34.0 Å². The van der Waals surface area contributed by atoms with Crippen molar-refractivity contribution in [2.45, 2.75) is 53.4 Å². The number of hydrogen-bond donors (Lipinski definition) is 0. The second kappa shape index (κ2) is 10.6. The minimum atomic E-state index is -0.516. The van der Waals surface area contributed by atoms with Crippen LogP contribution in [0.3, 0.4) is 0 Å². The topological polar surface area (TPSA) is 0 Å². The van der Waals surface area contributed by atoms with Gasteiger partial charge in [0.2, 0.25) is 0 Å².